The van der Waals surface area contributed by atoms with Gasteiger partial charge in [-0.05, 0) is 61.1 Å². The van der Waals surface area contributed by atoms with Crippen molar-refractivity contribution in [2.24, 2.45) is 0 Å². The molecule has 0 bridgehead atoms. The van der Waals surface area contributed by atoms with E-state index < -0.39 is 42.6 Å². The molecule has 3 rings (SSSR count). The molecule has 10 heteroatoms. The molecule has 2 aromatic rings. The van der Waals surface area contributed by atoms with E-state index in [0.717, 1.165) is 18.1 Å². The lowest BCUT2D eigenvalue weighted by Crippen LogP contribution is -2.59. The van der Waals surface area contributed by atoms with Gasteiger partial charge in [0, 0.05) is 19.1 Å². The zero-order valence-corrected chi connectivity index (χ0v) is 21.6. The molecular weight excluding hydrogens is 496 g/mol. The molecule has 1 aliphatic rings. The van der Waals surface area contributed by atoms with Gasteiger partial charge in [0.1, 0.15) is 6.10 Å². The van der Waals surface area contributed by atoms with Crippen molar-refractivity contribution in [1.82, 2.24) is 0 Å². The molecule has 0 spiro atoms. The summed E-state index contributed by atoms with van der Waals surface area (Å²) in [6, 6.07) is 12.2. The third-order valence-electron chi connectivity index (χ3n) is 6.20. The average molecular weight is 531 g/mol. The summed E-state index contributed by atoms with van der Waals surface area (Å²) in [5.74, 6) is -1.38. The minimum Gasteiger partial charge on any atom is -0.504 e. The third kappa shape index (κ3) is 7.55. The lowest BCUT2D eigenvalue weighted by molar-refractivity contribution is -0.284. The van der Waals surface area contributed by atoms with Crippen LogP contribution < -0.4 is 4.74 Å². The Kier molecular flexibility index (Phi) is 10.3. The molecule has 1 fully saturated rings. The maximum absolute atomic E-state index is 13.4. The van der Waals surface area contributed by atoms with Gasteiger partial charge >= 0.3 is 11.9 Å². The molecule has 0 amide bonds. The van der Waals surface area contributed by atoms with Crippen molar-refractivity contribution in [2.45, 2.75) is 63.8 Å². The van der Waals surface area contributed by atoms with Crippen LogP contribution in [-0.2, 0) is 36.6 Å². The van der Waals surface area contributed by atoms with Crippen molar-refractivity contribution < 1.29 is 49.0 Å². The molecule has 10 nitrogen and oxygen atoms in total. The topological polar surface area (TPSA) is 152 Å². The van der Waals surface area contributed by atoms with E-state index >= 15 is 0 Å². The number of phenols is 1. The van der Waals surface area contributed by atoms with Gasteiger partial charge in [0.2, 0.25) is 0 Å². The first-order valence-electron chi connectivity index (χ1n) is 12.3. The Morgan fingerprint density at radius 2 is 1.74 bits per heavy atom. The van der Waals surface area contributed by atoms with Gasteiger partial charge in [-0.3, -0.25) is 4.79 Å². The van der Waals surface area contributed by atoms with Crippen LogP contribution in [0.1, 0.15) is 37.0 Å². The molecule has 2 aromatic carbocycles. The highest BCUT2D eigenvalue weighted by atomic mass is 16.7. The molecule has 0 unspecified atom stereocenters. The SMILES string of the molecule is COc1cc(C=C(CCc2cccc(CCO)c2)C(=O)O[C@@H]2[C@H](OC(C)=O)[C@@H](O)[C@@H](C)O[C@H]2O)ccc1O. The quantitative estimate of drug-likeness (QED) is 0.265. The number of aromatic hydroxyl groups is 1. The summed E-state index contributed by atoms with van der Waals surface area (Å²) in [7, 11) is 1.41. The Morgan fingerprint density at radius 3 is 2.39 bits per heavy atom. The van der Waals surface area contributed by atoms with Crippen LogP contribution in [0.5, 0.6) is 11.5 Å². The summed E-state index contributed by atoms with van der Waals surface area (Å²) in [5, 5.41) is 40.1. The molecule has 206 valence electrons. The molecular formula is C28H34O10. The number of ether oxygens (including phenoxy) is 4. The van der Waals surface area contributed by atoms with Crippen LogP contribution in [0.2, 0.25) is 0 Å². The van der Waals surface area contributed by atoms with Crippen molar-refractivity contribution in [2.75, 3.05) is 13.7 Å². The normalized spacial score (nSPS) is 23.5. The van der Waals surface area contributed by atoms with Gasteiger partial charge in [-0.15, -0.1) is 0 Å². The van der Waals surface area contributed by atoms with Crippen LogP contribution in [0.25, 0.3) is 6.08 Å². The van der Waals surface area contributed by atoms with E-state index in [1.807, 2.05) is 24.3 Å². The van der Waals surface area contributed by atoms with Gasteiger partial charge in [-0.25, -0.2) is 4.79 Å². The standard InChI is InChI=1S/C28H34O10/c1-16-24(32)25(37-17(2)30)26(28(34)36-16)38-27(33)21(14-20-8-10-22(31)23(15-20)35-3)9-7-18-5-4-6-19(13-18)11-12-29/h4-6,8,10,13-16,24-26,28-29,31-32,34H,7,9,11-12H2,1-3H3/t16-,24+,25-,26-,28-/m1/s1. The van der Waals surface area contributed by atoms with E-state index in [0.29, 0.717) is 18.4 Å². The number of hydrogen-bond acceptors (Lipinski definition) is 10. The van der Waals surface area contributed by atoms with Crippen molar-refractivity contribution in [3.8, 4) is 11.5 Å². The maximum Gasteiger partial charge on any atom is 0.334 e. The van der Waals surface area contributed by atoms with Gasteiger partial charge < -0.3 is 39.4 Å². The molecule has 0 radical (unpaired) electrons. The molecule has 1 aliphatic heterocycles. The number of hydrogen-bond donors (Lipinski definition) is 4. The monoisotopic (exact) mass is 530 g/mol. The van der Waals surface area contributed by atoms with Crippen LogP contribution in [0.15, 0.2) is 48.0 Å². The van der Waals surface area contributed by atoms with Gasteiger partial charge in [0.05, 0.1) is 13.2 Å². The van der Waals surface area contributed by atoms with Crippen molar-refractivity contribution in [3.05, 3.63) is 64.7 Å². The first kappa shape index (κ1) is 29.1. The number of esters is 2. The number of benzene rings is 2. The Balaban J connectivity index is 1.90. The number of aryl methyl sites for hydroxylation is 1. The van der Waals surface area contributed by atoms with Crippen LogP contribution in [-0.4, -0.2) is 76.8 Å². The number of aliphatic hydroxyl groups excluding tert-OH is 3. The molecule has 1 heterocycles. The van der Waals surface area contributed by atoms with Crippen LogP contribution >= 0.6 is 0 Å². The predicted molar refractivity (Wildman–Crippen MR) is 136 cm³/mol. The number of phenolic OH excluding ortho intramolecular Hbond substituents is 1. The number of aliphatic hydroxyl groups is 3. The first-order chi connectivity index (χ1) is 18.1. The van der Waals surface area contributed by atoms with Crippen LogP contribution in [0.3, 0.4) is 0 Å². The fourth-order valence-corrected chi connectivity index (χ4v) is 4.22. The van der Waals surface area contributed by atoms with E-state index in [2.05, 4.69) is 0 Å². The molecule has 1 saturated heterocycles. The highest BCUT2D eigenvalue weighted by Crippen LogP contribution is 2.29. The summed E-state index contributed by atoms with van der Waals surface area (Å²) in [4.78, 5) is 25.0. The molecule has 5 atom stereocenters. The molecule has 4 N–H and O–H groups in total. The fourth-order valence-electron chi connectivity index (χ4n) is 4.22. The number of carbonyl (C=O) groups is 2. The number of carbonyl (C=O) groups excluding carboxylic acids is 2. The Bertz CT molecular complexity index is 1140. The Morgan fingerprint density at radius 1 is 1.03 bits per heavy atom. The lowest BCUT2D eigenvalue weighted by Gasteiger charge is -2.40. The third-order valence-corrected chi connectivity index (χ3v) is 6.20. The van der Waals surface area contributed by atoms with E-state index in [4.69, 9.17) is 18.9 Å². The summed E-state index contributed by atoms with van der Waals surface area (Å²) in [6.45, 7) is 2.66. The minimum absolute atomic E-state index is 0.0172. The smallest absolute Gasteiger partial charge is 0.334 e. The van der Waals surface area contributed by atoms with E-state index in [1.165, 1.54) is 20.1 Å². The number of methoxy groups -OCH3 is 1. The second kappa shape index (κ2) is 13.4. The molecule has 0 aromatic heterocycles. The van der Waals surface area contributed by atoms with Crippen molar-refractivity contribution in [3.63, 3.8) is 0 Å². The van der Waals surface area contributed by atoms with Crippen molar-refractivity contribution >= 4 is 18.0 Å². The summed E-state index contributed by atoms with van der Waals surface area (Å²) < 4.78 is 21.2. The zero-order valence-electron chi connectivity index (χ0n) is 21.6. The maximum atomic E-state index is 13.4. The van der Waals surface area contributed by atoms with Gasteiger partial charge in [-0.2, -0.15) is 0 Å². The highest BCUT2D eigenvalue weighted by molar-refractivity contribution is 5.94. The summed E-state index contributed by atoms with van der Waals surface area (Å²) >= 11 is 0. The second-order valence-electron chi connectivity index (χ2n) is 9.06. The molecule has 38 heavy (non-hydrogen) atoms. The average Bonchev–Trinajstić information content (AvgIpc) is 2.88. The second-order valence-corrected chi connectivity index (χ2v) is 9.06. The number of rotatable bonds is 10. The highest BCUT2D eigenvalue weighted by Gasteiger charge is 2.47. The van der Waals surface area contributed by atoms with Crippen LogP contribution in [0, 0.1) is 0 Å². The summed E-state index contributed by atoms with van der Waals surface area (Å²) in [5.41, 5.74) is 2.65. The van der Waals surface area contributed by atoms with E-state index in [1.54, 1.807) is 18.2 Å². The Labute approximate surface area is 221 Å². The van der Waals surface area contributed by atoms with Crippen LogP contribution in [0.4, 0.5) is 0 Å². The van der Waals surface area contributed by atoms with E-state index in [-0.39, 0.29) is 30.1 Å². The fraction of sp³-hybridized carbons (Fsp3) is 0.429. The first-order valence-corrected chi connectivity index (χ1v) is 12.3. The largest absolute Gasteiger partial charge is 0.504 e. The predicted octanol–water partition coefficient (Wildman–Crippen LogP) is 1.89. The minimum atomic E-state index is -1.63. The summed E-state index contributed by atoms with van der Waals surface area (Å²) in [6.07, 6.45) is -3.88. The Hall–Kier alpha value is -3.44. The van der Waals surface area contributed by atoms with Crippen molar-refractivity contribution in [1.29, 1.82) is 0 Å². The molecule has 0 saturated carbocycles. The molecule has 0 aliphatic carbocycles. The van der Waals surface area contributed by atoms with Gasteiger partial charge in [0.25, 0.3) is 0 Å². The lowest BCUT2D eigenvalue weighted by atomic mass is 9.98. The zero-order chi connectivity index (χ0) is 27.8. The van der Waals surface area contributed by atoms with Gasteiger partial charge in [-0.1, -0.05) is 30.3 Å². The van der Waals surface area contributed by atoms with Gasteiger partial charge in [0.15, 0.2) is 30.0 Å². The van der Waals surface area contributed by atoms with E-state index in [9.17, 15) is 30.0 Å².